The Bertz CT molecular complexity index is 522. The maximum atomic E-state index is 12.4. The Hall–Kier alpha value is -0.920. The second-order valence-electron chi connectivity index (χ2n) is 5.25. The molecule has 1 N–H and O–H groups in total. The van der Waals surface area contributed by atoms with Gasteiger partial charge in [0.15, 0.2) is 0 Å². The number of methoxy groups -OCH3 is 2. The predicted molar refractivity (Wildman–Crippen MR) is 87.6 cm³/mol. The number of aliphatic hydroxyl groups excluding tert-OH is 1. The molecule has 1 aliphatic heterocycles. The van der Waals surface area contributed by atoms with Crippen LogP contribution in [0.5, 0.6) is 0 Å². The zero-order valence-corrected chi connectivity index (χ0v) is 14.5. The first-order valence-electron chi connectivity index (χ1n) is 6.97. The lowest BCUT2D eigenvalue weighted by molar-refractivity contribution is -0.157. The number of ether oxygens (including phenoxy) is 2. The fourth-order valence-electron chi connectivity index (χ4n) is 2.65. The summed E-state index contributed by atoms with van der Waals surface area (Å²) in [5, 5.41) is 10.3. The van der Waals surface area contributed by atoms with Crippen molar-refractivity contribution >= 4 is 35.5 Å². The van der Waals surface area contributed by atoms with Gasteiger partial charge in [0, 0.05) is 0 Å². The zero-order chi connectivity index (χ0) is 16.3. The van der Waals surface area contributed by atoms with Gasteiger partial charge in [0.1, 0.15) is 5.41 Å². The summed E-state index contributed by atoms with van der Waals surface area (Å²) in [4.78, 5) is 24.6. The first kappa shape index (κ1) is 17.4. The summed E-state index contributed by atoms with van der Waals surface area (Å²) in [6, 6.07) is 0. The van der Waals surface area contributed by atoms with Crippen LogP contribution in [0.25, 0.3) is 0 Å². The van der Waals surface area contributed by atoms with Crippen molar-refractivity contribution in [3.63, 3.8) is 0 Å². The normalized spacial score (nSPS) is 29.4. The first-order valence-corrected chi connectivity index (χ1v) is 9.07. The summed E-state index contributed by atoms with van der Waals surface area (Å²) in [6.07, 6.45) is 3.27. The van der Waals surface area contributed by atoms with Crippen molar-refractivity contribution in [2.75, 3.05) is 25.7 Å². The number of rotatable bonds is 3. The summed E-state index contributed by atoms with van der Waals surface area (Å²) >= 11 is 3.47. The van der Waals surface area contributed by atoms with Crippen LogP contribution in [0.3, 0.4) is 0 Å². The van der Waals surface area contributed by atoms with Gasteiger partial charge in [0.25, 0.3) is 0 Å². The number of aliphatic hydroxyl groups is 1. The number of esters is 2. The van der Waals surface area contributed by atoms with Crippen LogP contribution in [0.4, 0.5) is 0 Å². The van der Waals surface area contributed by atoms with Crippen LogP contribution < -0.4 is 0 Å². The predicted octanol–water partition coefficient (Wildman–Crippen LogP) is 1.76. The second-order valence-corrected chi connectivity index (χ2v) is 7.97. The molecule has 0 spiro atoms. The van der Waals surface area contributed by atoms with Gasteiger partial charge in [-0.05, 0) is 30.4 Å². The molecular formula is C15H20O5S2. The Morgan fingerprint density at radius 1 is 1.27 bits per heavy atom. The van der Waals surface area contributed by atoms with E-state index < -0.39 is 23.5 Å². The van der Waals surface area contributed by atoms with Crippen molar-refractivity contribution in [2.24, 2.45) is 5.41 Å². The van der Waals surface area contributed by atoms with Gasteiger partial charge in [0.2, 0.25) is 0 Å². The summed E-state index contributed by atoms with van der Waals surface area (Å²) in [5.74, 6) is 0.758. The highest BCUT2D eigenvalue weighted by Crippen LogP contribution is 2.46. The Kier molecular flexibility index (Phi) is 5.63. The number of thioether (sulfide) groups is 2. The third-order valence-electron chi connectivity index (χ3n) is 3.94. The van der Waals surface area contributed by atoms with Crippen molar-refractivity contribution in [3.8, 4) is 0 Å². The minimum atomic E-state index is -1.45. The summed E-state index contributed by atoms with van der Waals surface area (Å²) in [5.41, 5.74) is -0.520. The minimum Gasteiger partial charge on any atom is -0.468 e. The summed E-state index contributed by atoms with van der Waals surface area (Å²) < 4.78 is 9.77. The molecule has 2 rings (SSSR count). The van der Waals surface area contributed by atoms with E-state index in [0.29, 0.717) is 0 Å². The molecule has 0 saturated carbocycles. The minimum absolute atomic E-state index is 0.0515. The van der Waals surface area contributed by atoms with Gasteiger partial charge < -0.3 is 14.6 Å². The molecule has 1 aliphatic carbocycles. The standard InChI is InChI=1S/C15H20O5S2/c1-15(14(18)20-3)10(16)6-5-9(11(15)12(17)19-2)13-21-7-4-8-22-13/h5-6,10,13,16H,4,7-8H2,1-3H3/t10-,15+/m0/s1. The molecule has 2 atom stereocenters. The van der Waals surface area contributed by atoms with E-state index in [1.807, 2.05) is 0 Å². The van der Waals surface area contributed by atoms with Crippen LogP contribution >= 0.6 is 23.5 Å². The van der Waals surface area contributed by atoms with Gasteiger partial charge >= 0.3 is 11.9 Å². The Labute approximate surface area is 138 Å². The number of hydrogen-bond donors (Lipinski definition) is 1. The molecule has 0 unspecified atom stereocenters. The molecule has 1 fully saturated rings. The van der Waals surface area contributed by atoms with Gasteiger partial charge in [-0.2, -0.15) is 0 Å². The zero-order valence-electron chi connectivity index (χ0n) is 12.8. The average molecular weight is 344 g/mol. The molecule has 0 aromatic heterocycles. The van der Waals surface area contributed by atoms with Crippen LogP contribution in [-0.2, 0) is 19.1 Å². The third-order valence-corrected chi connectivity index (χ3v) is 6.92. The molecule has 0 bridgehead atoms. The fourth-order valence-corrected chi connectivity index (χ4v) is 5.60. The second kappa shape index (κ2) is 7.10. The van der Waals surface area contributed by atoms with Gasteiger partial charge in [-0.25, -0.2) is 4.79 Å². The molecule has 0 radical (unpaired) electrons. The number of hydrogen-bond acceptors (Lipinski definition) is 7. The Balaban J connectivity index is 2.56. The van der Waals surface area contributed by atoms with Gasteiger partial charge in [-0.15, -0.1) is 23.5 Å². The van der Waals surface area contributed by atoms with E-state index in [9.17, 15) is 14.7 Å². The highest BCUT2D eigenvalue weighted by atomic mass is 32.2. The molecule has 0 aromatic rings. The van der Waals surface area contributed by atoms with Crippen LogP contribution in [0.15, 0.2) is 23.3 Å². The van der Waals surface area contributed by atoms with E-state index >= 15 is 0 Å². The van der Waals surface area contributed by atoms with Gasteiger partial charge in [-0.3, -0.25) is 4.79 Å². The molecule has 1 saturated heterocycles. The number of allylic oxidation sites excluding steroid dienone is 1. The van der Waals surface area contributed by atoms with Crippen molar-refractivity contribution < 1.29 is 24.2 Å². The van der Waals surface area contributed by atoms with E-state index in [4.69, 9.17) is 9.47 Å². The lowest BCUT2D eigenvalue weighted by Gasteiger charge is -2.37. The molecule has 2 aliphatic rings. The highest BCUT2D eigenvalue weighted by molar-refractivity contribution is 8.17. The highest BCUT2D eigenvalue weighted by Gasteiger charge is 2.51. The lowest BCUT2D eigenvalue weighted by atomic mass is 9.72. The van der Waals surface area contributed by atoms with Crippen molar-refractivity contribution in [2.45, 2.75) is 24.0 Å². The average Bonchev–Trinajstić information content (AvgIpc) is 2.56. The number of carbonyl (C=O) groups is 2. The molecule has 22 heavy (non-hydrogen) atoms. The maximum Gasteiger partial charge on any atom is 0.335 e. The largest absolute Gasteiger partial charge is 0.468 e. The molecule has 5 nitrogen and oxygen atoms in total. The smallest absolute Gasteiger partial charge is 0.335 e. The quantitative estimate of drug-likeness (QED) is 0.782. The molecule has 1 heterocycles. The number of carbonyl (C=O) groups excluding carboxylic acids is 2. The monoisotopic (exact) mass is 344 g/mol. The van der Waals surface area contributed by atoms with Crippen molar-refractivity contribution in [1.29, 1.82) is 0 Å². The molecule has 0 aromatic carbocycles. The summed E-state index contributed by atoms with van der Waals surface area (Å²) in [7, 11) is 2.52. The van der Waals surface area contributed by atoms with E-state index in [1.54, 1.807) is 35.7 Å². The summed E-state index contributed by atoms with van der Waals surface area (Å²) in [6.45, 7) is 1.53. The Morgan fingerprint density at radius 2 is 1.91 bits per heavy atom. The lowest BCUT2D eigenvalue weighted by Crippen LogP contribution is -2.46. The molecule has 7 heteroatoms. The van der Waals surface area contributed by atoms with E-state index in [2.05, 4.69) is 0 Å². The van der Waals surface area contributed by atoms with Crippen LogP contribution in [0, 0.1) is 5.41 Å². The third kappa shape index (κ3) is 2.94. The SMILES string of the molecule is COC(=O)C1=C(C2SCCCS2)C=C[C@H](O)[C@@]1(C)C(=O)OC. The van der Waals surface area contributed by atoms with Crippen molar-refractivity contribution in [3.05, 3.63) is 23.3 Å². The van der Waals surface area contributed by atoms with E-state index in [1.165, 1.54) is 21.1 Å². The first-order chi connectivity index (χ1) is 10.5. The molecule has 122 valence electrons. The molecular weight excluding hydrogens is 324 g/mol. The maximum absolute atomic E-state index is 12.4. The van der Waals surface area contributed by atoms with E-state index in [0.717, 1.165) is 23.5 Å². The van der Waals surface area contributed by atoms with Crippen LogP contribution in [-0.4, -0.2) is 53.5 Å². The van der Waals surface area contributed by atoms with Gasteiger partial charge in [-0.1, -0.05) is 12.2 Å². The van der Waals surface area contributed by atoms with Crippen molar-refractivity contribution in [1.82, 2.24) is 0 Å². The Morgan fingerprint density at radius 3 is 2.45 bits per heavy atom. The fraction of sp³-hybridized carbons (Fsp3) is 0.600. The van der Waals surface area contributed by atoms with Crippen LogP contribution in [0.2, 0.25) is 0 Å². The topological polar surface area (TPSA) is 72.8 Å². The van der Waals surface area contributed by atoms with E-state index in [-0.39, 0.29) is 10.2 Å². The van der Waals surface area contributed by atoms with Gasteiger partial charge in [0.05, 0.1) is 30.5 Å². The molecule has 0 amide bonds. The van der Waals surface area contributed by atoms with Crippen LogP contribution in [0.1, 0.15) is 13.3 Å².